The molecule has 7 heteroatoms. The molecule has 2 heterocycles. The Morgan fingerprint density at radius 2 is 2.31 bits per heavy atom. The summed E-state index contributed by atoms with van der Waals surface area (Å²) in [6, 6.07) is 3.89. The zero-order valence-corrected chi connectivity index (χ0v) is 16.0. The minimum atomic E-state index is -0.0192. The highest BCUT2D eigenvalue weighted by atomic mass is 16.5. The molecule has 1 aliphatic rings. The largest absolute Gasteiger partial charge is 0.477 e. The van der Waals surface area contributed by atoms with Crippen LogP contribution >= 0.6 is 0 Å². The summed E-state index contributed by atoms with van der Waals surface area (Å²) in [4.78, 5) is 8.98. The zero-order valence-electron chi connectivity index (χ0n) is 16.0. The van der Waals surface area contributed by atoms with E-state index in [1.165, 1.54) is 0 Å². The Labute approximate surface area is 156 Å². The van der Waals surface area contributed by atoms with Gasteiger partial charge in [-0.3, -0.25) is 0 Å². The predicted octanol–water partition coefficient (Wildman–Crippen LogP) is 1.71. The molecule has 26 heavy (non-hydrogen) atoms. The summed E-state index contributed by atoms with van der Waals surface area (Å²) >= 11 is 0. The van der Waals surface area contributed by atoms with E-state index in [0.717, 1.165) is 50.5 Å². The van der Waals surface area contributed by atoms with Crippen molar-refractivity contribution >= 4 is 5.96 Å². The minimum absolute atomic E-state index is 0.0192. The molecule has 1 aliphatic heterocycles. The van der Waals surface area contributed by atoms with Gasteiger partial charge in [-0.25, -0.2) is 9.98 Å². The highest BCUT2D eigenvalue weighted by Gasteiger charge is 2.34. The van der Waals surface area contributed by atoms with E-state index < -0.39 is 0 Å². The molecule has 1 fully saturated rings. The Kier molecular flexibility index (Phi) is 8.64. The number of aliphatic hydroxyl groups is 1. The lowest BCUT2D eigenvalue weighted by Gasteiger charge is -2.27. The number of guanidine groups is 1. The normalized spacial score (nSPS) is 20.2. The maximum absolute atomic E-state index is 9.36. The van der Waals surface area contributed by atoms with Crippen molar-refractivity contribution in [1.29, 1.82) is 0 Å². The van der Waals surface area contributed by atoms with Gasteiger partial charge in [-0.2, -0.15) is 0 Å². The van der Waals surface area contributed by atoms with Gasteiger partial charge < -0.3 is 25.2 Å². The molecule has 0 amide bonds. The summed E-state index contributed by atoms with van der Waals surface area (Å²) in [7, 11) is 0. The minimum Gasteiger partial charge on any atom is -0.477 e. The van der Waals surface area contributed by atoms with Crippen molar-refractivity contribution < 1.29 is 14.6 Å². The number of aliphatic hydroxyl groups excluding tert-OH is 1. The molecule has 1 aromatic rings. The number of nitrogens with one attached hydrogen (secondary N) is 2. The summed E-state index contributed by atoms with van der Waals surface area (Å²) in [6.45, 7) is 8.37. The third-order valence-electron chi connectivity index (χ3n) is 4.50. The number of rotatable bonds is 10. The van der Waals surface area contributed by atoms with Crippen LogP contribution in [0.25, 0.3) is 0 Å². The van der Waals surface area contributed by atoms with E-state index >= 15 is 0 Å². The molecule has 0 aliphatic carbocycles. The molecular weight excluding hydrogens is 332 g/mol. The summed E-state index contributed by atoms with van der Waals surface area (Å²) in [5.41, 5.74) is 0.946. The number of ether oxygens (including phenoxy) is 2. The quantitative estimate of drug-likeness (QED) is 0.433. The summed E-state index contributed by atoms with van der Waals surface area (Å²) < 4.78 is 11.3. The molecule has 146 valence electrons. The van der Waals surface area contributed by atoms with Crippen molar-refractivity contribution in [2.45, 2.75) is 39.7 Å². The number of hydrogen-bond acceptors (Lipinski definition) is 5. The first-order valence-electron chi connectivity index (χ1n) is 9.50. The molecular formula is C19H32N4O3. The molecule has 2 rings (SSSR count). The first kappa shape index (κ1) is 20.5. The van der Waals surface area contributed by atoms with Crippen LogP contribution in [0.1, 0.15) is 38.7 Å². The second-order valence-electron chi connectivity index (χ2n) is 6.64. The van der Waals surface area contributed by atoms with Crippen molar-refractivity contribution in [1.82, 2.24) is 15.6 Å². The Hall–Kier alpha value is -1.86. The van der Waals surface area contributed by atoms with Crippen LogP contribution in [0.5, 0.6) is 5.88 Å². The van der Waals surface area contributed by atoms with Gasteiger partial charge in [0.15, 0.2) is 5.96 Å². The lowest BCUT2D eigenvalue weighted by Crippen LogP contribution is -2.44. The molecule has 0 spiro atoms. The summed E-state index contributed by atoms with van der Waals surface area (Å²) in [5.74, 6) is 1.40. The second-order valence-corrected chi connectivity index (χ2v) is 6.64. The average Bonchev–Trinajstić information content (AvgIpc) is 3.12. The number of pyridine rings is 1. The lowest BCUT2D eigenvalue weighted by molar-refractivity contribution is 0.127. The number of aliphatic imine (C=N–C) groups is 1. The average molecular weight is 364 g/mol. The maximum atomic E-state index is 9.36. The van der Waals surface area contributed by atoms with Crippen LogP contribution in [0.4, 0.5) is 0 Å². The van der Waals surface area contributed by atoms with Gasteiger partial charge in [-0.05, 0) is 32.3 Å². The van der Waals surface area contributed by atoms with Gasteiger partial charge in [-0.1, -0.05) is 13.0 Å². The number of hydrogen-bond donors (Lipinski definition) is 3. The van der Waals surface area contributed by atoms with Crippen LogP contribution in [-0.4, -0.2) is 55.6 Å². The summed E-state index contributed by atoms with van der Waals surface area (Å²) in [5, 5.41) is 16.0. The van der Waals surface area contributed by atoms with Crippen molar-refractivity contribution in [3.8, 4) is 5.88 Å². The lowest BCUT2D eigenvalue weighted by atomic mass is 9.84. The van der Waals surface area contributed by atoms with Crippen molar-refractivity contribution in [3.63, 3.8) is 0 Å². The van der Waals surface area contributed by atoms with Crippen LogP contribution in [0.15, 0.2) is 23.3 Å². The van der Waals surface area contributed by atoms with Gasteiger partial charge in [0, 0.05) is 43.5 Å². The molecule has 1 aromatic heterocycles. The molecule has 1 unspecified atom stereocenters. The van der Waals surface area contributed by atoms with Crippen LogP contribution in [0.3, 0.4) is 0 Å². The van der Waals surface area contributed by atoms with Gasteiger partial charge in [0.1, 0.15) is 0 Å². The first-order valence-corrected chi connectivity index (χ1v) is 9.50. The van der Waals surface area contributed by atoms with Crippen LogP contribution < -0.4 is 15.4 Å². The molecule has 1 atom stereocenters. The van der Waals surface area contributed by atoms with Gasteiger partial charge in [0.2, 0.25) is 5.88 Å². The molecule has 7 nitrogen and oxygen atoms in total. The molecule has 0 radical (unpaired) electrons. The fraction of sp³-hybridized carbons (Fsp3) is 0.684. The van der Waals surface area contributed by atoms with Crippen molar-refractivity contribution in [3.05, 3.63) is 23.9 Å². The van der Waals surface area contributed by atoms with E-state index in [1.807, 2.05) is 19.1 Å². The first-order chi connectivity index (χ1) is 12.7. The molecule has 3 N–H and O–H groups in total. The van der Waals surface area contributed by atoms with Gasteiger partial charge >= 0.3 is 0 Å². The Balaban J connectivity index is 2.00. The van der Waals surface area contributed by atoms with E-state index in [9.17, 15) is 5.11 Å². The van der Waals surface area contributed by atoms with E-state index in [4.69, 9.17) is 9.47 Å². The molecule has 0 aromatic carbocycles. The number of nitrogens with zero attached hydrogens (tertiary/aromatic N) is 2. The zero-order chi connectivity index (χ0) is 18.7. The monoisotopic (exact) mass is 364 g/mol. The van der Waals surface area contributed by atoms with Gasteiger partial charge in [0.05, 0.1) is 19.8 Å². The van der Waals surface area contributed by atoms with E-state index in [-0.39, 0.29) is 12.0 Å². The highest BCUT2D eigenvalue weighted by molar-refractivity contribution is 5.79. The summed E-state index contributed by atoms with van der Waals surface area (Å²) in [6.07, 6.45) is 4.37. The third kappa shape index (κ3) is 6.14. The maximum Gasteiger partial charge on any atom is 0.218 e. The number of aromatic nitrogens is 1. The standard InChI is InChI=1S/C19H32N4O3/c1-3-11-26-17-16(6-5-9-21-17)13-22-18(20-4-2)23-14-19(7-10-24)8-12-25-15-19/h5-6,9,24H,3-4,7-8,10-15H2,1-2H3,(H2,20,22,23). The smallest absolute Gasteiger partial charge is 0.218 e. The van der Waals surface area contributed by atoms with Gasteiger partial charge in [-0.15, -0.1) is 0 Å². The van der Waals surface area contributed by atoms with Crippen molar-refractivity contribution in [2.75, 3.05) is 39.5 Å². The molecule has 0 saturated carbocycles. The Bertz CT molecular complexity index is 559. The molecule has 1 saturated heterocycles. The van der Waals surface area contributed by atoms with E-state index in [1.54, 1.807) is 6.20 Å². The fourth-order valence-corrected chi connectivity index (χ4v) is 2.96. The third-order valence-corrected chi connectivity index (χ3v) is 4.50. The topological polar surface area (TPSA) is 88.0 Å². The van der Waals surface area contributed by atoms with Crippen molar-refractivity contribution in [2.24, 2.45) is 10.4 Å². The predicted molar refractivity (Wildman–Crippen MR) is 102 cm³/mol. The second kappa shape index (κ2) is 11.0. The van der Waals surface area contributed by atoms with Crippen LogP contribution in [0.2, 0.25) is 0 Å². The fourth-order valence-electron chi connectivity index (χ4n) is 2.96. The Morgan fingerprint density at radius 1 is 1.42 bits per heavy atom. The van der Waals surface area contributed by atoms with Crippen LogP contribution in [-0.2, 0) is 11.3 Å². The SMILES string of the molecule is CCCOc1ncccc1CN=C(NCC)NCC1(CCO)CCOC1. The highest BCUT2D eigenvalue weighted by Crippen LogP contribution is 2.31. The van der Waals surface area contributed by atoms with E-state index in [0.29, 0.717) is 25.6 Å². The van der Waals surface area contributed by atoms with Gasteiger partial charge in [0.25, 0.3) is 0 Å². The van der Waals surface area contributed by atoms with Crippen LogP contribution in [0, 0.1) is 5.41 Å². The Morgan fingerprint density at radius 3 is 3.00 bits per heavy atom. The van der Waals surface area contributed by atoms with E-state index in [2.05, 4.69) is 27.5 Å². The molecule has 0 bridgehead atoms.